The first kappa shape index (κ1) is 17.6. The van der Waals surface area contributed by atoms with E-state index in [1.807, 2.05) is 23.1 Å². The lowest BCUT2D eigenvalue weighted by atomic mass is 9.98. The fourth-order valence-electron chi connectivity index (χ4n) is 3.58. The third kappa shape index (κ3) is 3.68. The summed E-state index contributed by atoms with van der Waals surface area (Å²) in [5.41, 5.74) is 1.47. The number of rotatable bonds is 4. The van der Waals surface area contributed by atoms with E-state index in [0.717, 1.165) is 28.1 Å². The van der Waals surface area contributed by atoms with Gasteiger partial charge in [0.15, 0.2) is 0 Å². The van der Waals surface area contributed by atoms with E-state index in [2.05, 4.69) is 6.07 Å². The van der Waals surface area contributed by atoms with Crippen LogP contribution in [0.25, 0.3) is 10.2 Å². The van der Waals surface area contributed by atoms with Gasteiger partial charge in [-0.15, -0.1) is 11.3 Å². The Morgan fingerprint density at radius 3 is 2.81 bits per heavy atom. The fraction of sp³-hybridized carbons (Fsp3) is 0.300. The highest BCUT2D eigenvalue weighted by atomic mass is 32.1. The Hall–Kier alpha value is -2.80. The van der Waals surface area contributed by atoms with Crippen molar-refractivity contribution in [2.24, 2.45) is 0 Å². The molecule has 1 fully saturated rings. The minimum absolute atomic E-state index is 0.00517. The van der Waals surface area contributed by atoms with Crippen LogP contribution in [-0.2, 0) is 11.2 Å². The van der Waals surface area contributed by atoms with Crippen LogP contribution in [0.2, 0.25) is 0 Å². The van der Waals surface area contributed by atoms with Crippen molar-refractivity contribution in [3.05, 3.63) is 69.2 Å². The molecule has 2 aromatic carbocycles. The summed E-state index contributed by atoms with van der Waals surface area (Å²) in [4.78, 5) is 30.1. The predicted octanol–water partition coefficient (Wildman–Crippen LogP) is 4.15. The number of para-hydroxylation sites is 2. The molecule has 0 unspecified atom stereocenters. The first-order chi connectivity index (χ1) is 13.1. The number of piperidine rings is 1. The molecule has 1 atom stereocenters. The molecule has 1 aliphatic rings. The number of hydrogen-bond acceptors (Lipinski definition) is 5. The first-order valence-corrected chi connectivity index (χ1v) is 9.79. The van der Waals surface area contributed by atoms with Crippen molar-refractivity contribution in [3.8, 4) is 0 Å². The van der Waals surface area contributed by atoms with Crippen molar-refractivity contribution in [2.75, 3.05) is 13.1 Å². The van der Waals surface area contributed by atoms with Gasteiger partial charge in [0.25, 0.3) is 5.69 Å². The molecule has 6 nitrogen and oxygen atoms in total. The number of thiazole rings is 1. The molecule has 0 N–H and O–H groups in total. The third-order valence-electron chi connectivity index (χ3n) is 4.96. The zero-order valence-electron chi connectivity index (χ0n) is 14.7. The minimum Gasteiger partial charge on any atom is -0.342 e. The zero-order chi connectivity index (χ0) is 18.8. The number of nitrogens with zero attached hydrogens (tertiary/aromatic N) is 3. The Balaban J connectivity index is 1.49. The van der Waals surface area contributed by atoms with E-state index in [0.29, 0.717) is 18.7 Å². The number of fused-ring (bicyclic) bond motifs is 1. The van der Waals surface area contributed by atoms with Crippen LogP contribution in [0.1, 0.15) is 29.3 Å². The Kier molecular flexibility index (Phi) is 4.85. The Bertz CT molecular complexity index is 968. The van der Waals surface area contributed by atoms with E-state index in [-0.39, 0.29) is 23.9 Å². The summed E-state index contributed by atoms with van der Waals surface area (Å²) in [6.07, 6.45) is 1.99. The van der Waals surface area contributed by atoms with Crippen molar-refractivity contribution in [2.45, 2.75) is 25.2 Å². The molecule has 27 heavy (non-hydrogen) atoms. The van der Waals surface area contributed by atoms with Crippen molar-refractivity contribution in [1.29, 1.82) is 0 Å². The highest BCUT2D eigenvalue weighted by molar-refractivity contribution is 7.18. The molecule has 1 saturated heterocycles. The Morgan fingerprint density at radius 1 is 1.22 bits per heavy atom. The summed E-state index contributed by atoms with van der Waals surface area (Å²) in [7, 11) is 0. The van der Waals surface area contributed by atoms with Crippen LogP contribution < -0.4 is 0 Å². The lowest BCUT2D eigenvalue weighted by Gasteiger charge is -2.32. The molecule has 1 aliphatic heterocycles. The number of likely N-dealkylation sites (tertiary alicyclic amines) is 1. The van der Waals surface area contributed by atoms with Gasteiger partial charge in [0.1, 0.15) is 0 Å². The monoisotopic (exact) mass is 381 g/mol. The van der Waals surface area contributed by atoms with Gasteiger partial charge < -0.3 is 4.90 Å². The molecule has 0 radical (unpaired) electrons. The maximum Gasteiger partial charge on any atom is 0.273 e. The smallest absolute Gasteiger partial charge is 0.273 e. The third-order valence-corrected chi connectivity index (χ3v) is 6.16. The van der Waals surface area contributed by atoms with Gasteiger partial charge in [-0.1, -0.05) is 30.3 Å². The SMILES string of the molecule is O=C(Cc1ccccc1[N+](=O)[O-])N1CCC[C@H](c2nc3ccccc3s2)C1. The van der Waals surface area contributed by atoms with E-state index in [4.69, 9.17) is 4.98 Å². The number of aromatic nitrogens is 1. The second-order valence-electron chi connectivity index (χ2n) is 6.76. The van der Waals surface area contributed by atoms with E-state index in [1.165, 1.54) is 6.07 Å². The average molecular weight is 381 g/mol. The van der Waals surface area contributed by atoms with E-state index >= 15 is 0 Å². The van der Waals surface area contributed by atoms with Gasteiger partial charge in [0.2, 0.25) is 5.91 Å². The van der Waals surface area contributed by atoms with Gasteiger partial charge in [-0.2, -0.15) is 0 Å². The van der Waals surface area contributed by atoms with Gasteiger partial charge in [-0.3, -0.25) is 14.9 Å². The lowest BCUT2D eigenvalue weighted by molar-refractivity contribution is -0.385. The van der Waals surface area contributed by atoms with Gasteiger partial charge in [0.05, 0.1) is 26.6 Å². The van der Waals surface area contributed by atoms with Crippen LogP contribution in [0.15, 0.2) is 48.5 Å². The van der Waals surface area contributed by atoms with Crippen LogP contribution in [0, 0.1) is 10.1 Å². The first-order valence-electron chi connectivity index (χ1n) is 8.97. The number of carbonyl (C=O) groups is 1. The highest BCUT2D eigenvalue weighted by Gasteiger charge is 2.28. The number of hydrogen-bond donors (Lipinski definition) is 0. The Labute approximate surface area is 160 Å². The van der Waals surface area contributed by atoms with Crippen molar-refractivity contribution in [3.63, 3.8) is 0 Å². The molecule has 0 aliphatic carbocycles. The summed E-state index contributed by atoms with van der Waals surface area (Å²) in [5.74, 6) is 0.168. The van der Waals surface area contributed by atoms with Gasteiger partial charge in [-0.05, 0) is 25.0 Å². The molecular formula is C20H19N3O3S. The van der Waals surface area contributed by atoms with E-state index in [9.17, 15) is 14.9 Å². The van der Waals surface area contributed by atoms with Gasteiger partial charge in [0, 0.05) is 30.6 Å². The van der Waals surface area contributed by atoms with Crippen molar-refractivity contribution in [1.82, 2.24) is 9.88 Å². The van der Waals surface area contributed by atoms with Gasteiger partial charge in [-0.25, -0.2) is 4.98 Å². The largest absolute Gasteiger partial charge is 0.342 e. The highest BCUT2D eigenvalue weighted by Crippen LogP contribution is 2.33. The number of carbonyl (C=O) groups excluding carboxylic acids is 1. The van der Waals surface area contributed by atoms with Crippen molar-refractivity contribution < 1.29 is 9.72 Å². The van der Waals surface area contributed by atoms with Crippen LogP contribution in [0.5, 0.6) is 0 Å². The van der Waals surface area contributed by atoms with Crippen LogP contribution in [0.3, 0.4) is 0 Å². The molecule has 3 aromatic rings. The van der Waals surface area contributed by atoms with E-state index in [1.54, 1.807) is 29.5 Å². The fourth-order valence-corrected chi connectivity index (χ4v) is 4.68. The molecule has 0 spiro atoms. The minimum atomic E-state index is -0.428. The van der Waals surface area contributed by atoms with E-state index < -0.39 is 4.92 Å². The second kappa shape index (κ2) is 7.44. The number of nitro groups is 1. The molecule has 7 heteroatoms. The van der Waals surface area contributed by atoms with Crippen molar-refractivity contribution >= 4 is 33.1 Å². The predicted molar refractivity (Wildman–Crippen MR) is 105 cm³/mol. The number of nitro benzene ring substituents is 1. The quantitative estimate of drug-likeness (QED) is 0.502. The summed E-state index contributed by atoms with van der Waals surface area (Å²) in [6.45, 7) is 1.32. The molecule has 0 saturated carbocycles. The molecule has 2 heterocycles. The van der Waals surface area contributed by atoms with Crippen LogP contribution >= 0.6 is 11.3 Å². The lowest BCUT2D eigenvalue weighted by Crippen LogP contribution is -2.40. The normalized spacial score (nSPS) is 17.2. The summed E-state index contributed by atoms with van der Waals surface area (Å²) in [6, 6.07) is 14.5. The van der Waals surface area contributed by atoms with Gasteiger partial charge >= 0.3 is 0 Å². The summed E-state index contributed by atoms with van der Waals surface area (Å²) >= 11 is 1.69. The zero-order valence-corrected chi connectivity index (χ0v) is 15.5. The van der Waals surface area contributed by atoms with Crippen LogP contribution in [-0.4, -0.2) is 33.8 Å². The number of amides is 1. The topological polar surface area (TPSA) is 76.3 Å². The standard InChI is InChI=1S/C20H19N3O3S/c24-19(12-14-6-1-3-9-17(14)23(25)26)22-11-5-7-15(13-22)20-21-16-8-2-4-10-18(16)27-20/h1-4,6,8-10,15H,5,7,11-13H2/t15-/m0/s1. The maximum atomic E-state index is 12.8. The molecular weight excluding hydrogens is 362 g/mol. The average Bonchev–Trinajstić information content (AvgIpc) is 3.12. The number of benzene rings is 2. The maximum absolute atomic E-state index is 12.8. The summed E-state index contributed by atoms with van der Waals surface area (Å²) < 4.78 is 1.16. The molecule has 1 aromatic heterocycles. The summed E-state index contributed by atoms with van der Waals surface area (Å²) in [5, 5.41) is 12.2. The molecule has 1 amide bonds. The molecule has 4 rings (SSSR count). The second-order valence-corrected chi connectivity index (χ2v) is 7.82. The van der Waals surface area contributed by atoms with Crippen LogP contribution in [0.4, 0.5) is 5.69 Å². The molecule has 138 valence electrons. The molecule has 0 bridgehead atoms. The Morgan fingerprint density at radius 2 is 2.00 bits per heavy atom.